The van der Waals surface area contributed by atoms with E-state index in [4.69, 9.17) is 10.9 Å². The average molecular weight is 249 g/mol. The van der Waals surface area contributed by atoms with Crippen molar-refractivity contribution in [1.82, 2.24) is 4.90 Å². The van der Waals surface area contributed by atoms with Gasteiger partial charge in [-0.1, -0.05) is 31.1 Å². The standard InChI is InChI=1S/C13H19N3O2/c1-9(2)8-16(3)13(17)11-6-4-10(5-7-11)12(14)15-18/h4-7,9,18H,8H2,1-3H3,(H2,14,15). The molecule has 0 spiro atoms. The summed E-state index contributed by atoms with van der Waals surface area (Å²) >= 11 is 0. The highest BCUT2D eigenvalue weighted by Gasteiger charge is 2.12. The molecule has 0 aliphatic rings. The molecule has 0 saturated carbocycles. The van der Waals surface area contributed by atoms with Gasteiger partial charge < -0.3 is 15.8 Å². The minimum Gasteiger partial charge on any atom is -0.409 e. The Morgan fingerprint density at radius 3 is 2.28 bits per heavy atom. The summed E-state index contributed by atoms with van der Waals surface area (Å²) in [5, 5.41) is 11.4. The predicted molar refractivity (Wildman–Crippen MR) is 70.8 cm³/mol. The zero-order valence-electron chi connectivity index (χ0n) is 10.9. The second kappa shape index (κ2) is 6.05. The Kier molecular flexibility index (Phi) is 4.71. The number of benzene rings is 1. The first-order valence-corrected chi connectivity index (χ1v) is 5.79. The molecule has 0 radical (unpaired) electrons. The Morgan fingerprint density at radius 1 is 1.33 bits per heavy atom. The third kappa shape index (κ3) is 3.48. The van der Waals surface area contributed by atoms with Crippen molar-refractivity contribution in [2.45, 2.75) is 13.8 Å². The molecular formula is C13H19N3O2. The van der Waals surface area contributed by atoms with Gasteiger partial charge in [0.05, 0.1) is 0 Å². The summed E-state index contributed by atoms with van der Waals surface area (Å²) in [5.74, 6) is 0.426. The summed E-state index contributed by atoms with van der Waals surface area (Å²) in [6.45, 7) is 4.83. The Hall–Kier alpha value is -2.04. The van der Waals surface area contributed by atoms with Crippen LogP contribution in [0.15, 0.2) is 29.4 Å². The second-order valence-corrected chi connectivity index (χ2v) is 4.64. The van der Waals surface area contributed by atoms with E-state index in [9.17, 15) is 4.79 Å². The lowest BCUT2D eigenvalue weighted by atomic mass is 10.1. The van der Waals surface area contributed by atoms with Gasteiger partial charge in [-0.05, 0) is 18.1 Å². The molecule has 5 heteroatoms. The molecule has 0 bridgehead atoms. The first-order valence-electron chi connectivity index (χ1n) is 5.79. The van der Waals surface area contributed by atoms with E-state index in [2.05, 4.69) is 19.0 Å². The van der Waals surface area contributed by atoms with Gasteiger partial charge in [-0.3, -0.25) is 4.79 Å². The van der Waals surface area contributed by atoms with Gasteiger partial charge in [0.15, 0.2) is 5.84 Å². The molecule has 0 atom stereocenters. The number of amidine groups is 1. The number of rotatable bonds is 4. The molecule has 5 nitrogen and oxygen atoms in total. The molecule has 3 N–H and O–H groups in total. The Labute approximate surface area is 107 Å². The van der Waals surface area contributed by atoms with E-state index in [0.717, 1.165) is 0 Å². The van der Waals surface area contributed by atoms with Crippen LogP contribution in [0.5, 0.6) is 0 Å². The van der Waals surface area contributed by atoms with Crippen LogP contribution in [0.3, 0.4) is 0 Å². The normalized spacial score (nSPS) is 11.7. The number of nitrogens with zero attached hydrogens (tertiary/aromatic N) is 2. The predicted octanol–water partition coefficient (Wildman–Crippen LogP) is 1.51. The number of hydrogen-bond acceptors (Lipinski definition) is 3. The number of carbonyl (C=O) groups is 1. The van der Waals surface area contributed by atoms with Crippen LogP contribution < -0.4 is 5.73 Å². The van der Waals surface area contributed by atoms with E-state index in [1.165, 1.54) is 0 Å². The highest BCUT2D eigenvalue weighted by Crippen LogP contribution is 2.08. The summed E-state index contributed by atoms with van der Waals surface area (Å²) in [5.41, 5.74) is 6.63. The van der Waals surface area contributed by atoms with Gasteiger partial charge in [-0.2, -0.15) is 0 Å². The van der Waals surface area contributed by atoms with Crippen LogP contribution in [0.2, 0.25) is 0 Å². The van der Waals surface area contributed by atoms with Crippen LogP contribution in [0, 0.1) is 5.92 Å². The van der Waals surface area contributed by atoms with Crippen LogP contribution in [-0.2, 0) is 0 Å². The van der Waals surface area contributed by atoms with Gasteiger partial charge in [0.1, 0.15) is 0 Å². The Balaban J connectivity index is 2.82. The molecule has 0 unspecified atom stereocenters. The van der Waals surface area contributed by atoms with Gasteiger partial charge in [-0.25, -0.2) is 0 Å². The van der Waals surface area contributed by atoms with E-state index in [-0.39, 0.29) is 11.7 Å². The lowest BCUT2D eigenvalue weighted by Crippen LogP contribution is -2.30. The van der Waals surface area contributed by atoms with Crippen molar-refractivity contribution >= 4 is 11.7 Å². The zero-order valence-corrected chi connectivity index (χ0v) is 10.9. The minimum absolute atomic E-state index is 0.0320. The highest BCUT2D eigenvalue weighted by molar-refractivity contribution is 5.99. The van der Waals surface area contributed by atoms with Gasteiger partial charge in [-0.15, -0.1) is 0 Å². The molecule has 0 aromatic heterocycles. The number of hydrogen-bond donors (Lipinski definition) is 2. The Bertz CT molecular complexity index is 438. The molecule has 1 amide bonds. The maximum absolute atomic E-state index is 12.0. The first kappa shape index (κ1) is 14.0. The molecule has 1 aromatic carbocycles. The van der Waals surface area contributed by atoms with Gasteiger partial charge in [0, 0.05) is 24.7 Å². The first-order chi connectivity index (χ1) is 8.45. The maximum atomic E-state index is 12.0. The fraction of sp³-hybridized carbons (Fsp3) is 0.385. The molecule has 18 heavy (non-hydrogen) atoms. The van der Waals surface area contributed by atoms with Crippen molar-refractivity contribution in [3.63, 3.8) is 0 Å². The number of nitrogens with two attached hydrogens (primary N) is 1. The molecule has 0 saturated heterocycles. The average Bonchev–Trinajstić information content (AvgIpc) is 2.36. The van der Waals surface area contributed by atoms with Gasteiger partial charge in [0.25, 0.3) is 5.91 Å². The highest BCUT2D eigenvalue weighted by atomic mass is 16.4. The van der Waals surface area contributed by atoms with Crippen molar-refractivity contribution < 1.29 is 10.0 Å². The van der Waals surface area contributed by atoms with E-state index >= 15 is 0 Å². The van der Waals surface area contributed by atoms with Crippen LogP contribution in [0.4, 0.5) is 0 Å². The Morgan fingerprint density at radius 2 is 1.83 bits per heavy atom. The molecule has 1 aromatic rings. The summed E-state index contributed by atoms with van der Waals surface area (Å²) < 4.78 is 0. The van der Waals surface area contributed by atoms with Crippen LogP contribution in [-0.4, -0.2) is 35.4 Å². The lowest BCUT2D eigenvalue weighted by Gasteiger charge is -2.19. The van der Waals surface area contributed by atoms with E-state index in [0.29, 0.717) is 23.6 Å². The van der Waals surface area contributed by atoms with Crippen LogP contribution >= 0.6 is 0 Å². The van der Waals surface area contributed by atoms with Crippen LogP contribution in [0.1, 0.15) is 29.8 Å². The van der Waals surface area contributed by atoms with Crippen molar-refractivity contribution in [2.75, 3.05) is 13.6 Å². The van der Waals surface area contributed by atoms with Crippen LogP contribution in [0.25, 0.3) is 0 Å². The van der Waals surface area contributed by atoms with Gasteiger partial charge >= 0.3 is 0 Å². The van der Waals surface area contributed by atoms with E-state index < -0.39 is 0 Å². The topological polar surface area (TPSA) is 78.9 Å². The maximum Gasteiger partial charge on any atom is 0.253 e. The SMILES string of the molecule is CC(C)CN(C)C(=O)c1ccc(/C(N)=N/O)cc1. The summed E-state index contributed by atoms with van der Waals surface area (Å²) in [7, 11) is 1.78. The summed E-state index contributed by atoms with van der Waals surface area (Å²) in [6, 6.07) is 6.66. The largest absolute Gasteiger partial charge is 0.409 e. The van der Waals surface area contributed by atoms with E-state index in [1.807, 2.05) is 0 Å². The summed E-state index contributed by atoms with van der Waals surface area (Å²) in [6.07, 6.45) is 0. The second-order valence-electron chi connectivity index (χ2n) is 4.64. The molecule has 0 heterocycles. The third-order valence-electron chi connectivity index (χ3n) is 2.52. The fourth-order valence-electron chi connectivity index (χ4n) is 1.69. The molecule has 0 aliphatic carbocycles. The van der Waals surface area contributed by atoms with Crippen molar-refractivity contribution in [3.8, 4) is 0 Å². The zero-order chi connectivity index (χ0) is 13.7. The number of oxime groups is 1. The minimum atomic E-state index is -0.0326. The molecule has 98 valence electrons. The third-order valence-corrected chi connectivity index (χ3v) is 2.52. The smallest absolute Gasteiger partial charge is 0.253 e. The molecular weight excluding hydrogens is 230 g/mol. The summed E-state index contributed by atoms with van der Waals surface area (Å²) in [4.78, 5) is 13.7. The van der Waals surface area contributed by atoms with E-state index in [1.54, 1.807) is 36.2 Å². The number of carbonyl (C=O) groups excluding carboxylic acids is 1. The van der Waals surface area contributed by atoms with Crippen molar-refractivity contribution in [3.05, 3.63) is 35.4 Å². The van der Waals surface area contributed by atoms with Crippen molar-refractivity contribution in [2.24, 2.45) is 16.8 Å². The quantitative estimate of drug-likeness (QED) is 0.367. The fourth-order valence-corrected chi connectivity index (χ4v) is 1.69. The molecule has 0 fully saturated rings. The van der Waals surface area contributed by atoms with Gasteiger partial charge in [0.2, 0.25) is 0 Å². The molecule has 0 aliphatic heterocycles. The van der Waals surface area contributed by atoms with Crippen molar-refractivity contribution in [1.29, 1.82) is 0 Å². The molecule has 1 rings (SSSR count). The lowest BCUT2D eigenvalue weighted by molar-refractivity contribution is 0.0779. The monoisotopic (exact) mass is 249 g/mol. The number of amides is 1.